The Kier molecular flexibility index (Phi) is 38.6. The maximum Gasteiger partial charge on any atom is 0.306 e. The number of likely N-dealkylation sites (N-methyl/N-ethyl adjacent to an activating group) is 1. The molecule has 0 heterocycles. The number of rotatable bonds is 42. The minimum atomic E-state index is -4.53. The zero-order chi connectivity index (χ0) is 40.6. The first-order valence-corrected chi connectivity index (χ1v) is 24.2. The first kappa shape index (κ1) is 53.7. The SMILES string of the molecule is CCCCCC/C=C\C/C=C\CCCCCCCC(=O)OC(COCCCCCCCC/C=C\CCCCCCCCC)COP(=O)([O-])OCC[N+](C)(C)C. The van der Waals surface area contributed by atoms with E-state index in [0.717, 1.165) is 57.8 Å². The summed E-state index contributed by atoms with van der Waals surface area (Å²) < 4.78 is 34.6. The summed E-state index contributed by atoms with van der Waals surface area (Å²) in [7, 11) is 1.34. The van der Waals surface area contributed by atoms with E-state index in [1.54, 1.807) is 0 Å². The van der Waals surface area contributed by atoms with Crippen molar-refractivity contribution in [2.45, 2.75) is 200 Å². The first-order valence-electron chi connectivity index (χ1n) is 22.7. The summed E-state index contributed by atoms with van der Waals surface area (Å²) >= 11 is 0. The molecule has 9 heteroatoms. The van der Waals surface area contributed by atoms with Crippen molar-refractivity contribution in [2.24, 2.45) is 0 Å². The molecule has 0 spiro atoms. The highest BCUT2D eigenvalue weighted by Gasteiger charge is 2.20. The van der Waals surface area contributed by atoms with E-state index in [9.17, 15) is 14.3 Å². The summed E-state index contributed by atoms with van der Waals surface area (Å²) in [5, 5.41) is 0. The van der Waals surface area contributed by atoms with Gasteiger partial charge in [-0.1, -0.05) is 153 Å². The molecule has 0 bridgehead atoms. The second kappa shape index (κ2) is 39.5. The van der Waals surface area contributed by atoms with E-state index in [4.69, 9.17) is 18.5 Å². The molecule has 0 aromatic heterocycles. The fourth-order valence-corrected chi connectivity index (χ4v) is 6.83. The van der Waals surface area contributed by atoms with Gasteiger partial charge in [0.1, 0.15) is 19.3 Å². The second-order valence-electron chi connectivity index (χ2n) is 16.4. The van der Waals surface area contributed by atoms with Crippen LogP contribution in [0, 0.1) is 0 Å². The third kappa shape index (κ3) is 43.7. The fraction of sp³-hybridized carbons (Fsp3) is 0.848. The molecule has 0 radical (unpaired) electrons. The molecule has 0 aliphatic carbocycles. The topological polar surface area (TPSA) is 94.1 Å². The largest absolute Gasteiger partial charge is 0.756 e. The van der Waals surface area contributed by atoms with Crippen LogP contribution in [-0.4, -0.2) is 70.7 Å². The van der Waals surface area contributed by atoms with Gasteiger partial charge in [-0.05, 0) is 70.6 Å². The molecule has 324 valence electrons. The van der Waals surface area contributed by atoms with Gasteiger partial charge in [-0.25, -0.2) is 0 Å². The fourth-order valence-electron chi connectivity index (χ4n) is 6.10. The maximum atomic E-state index is 12.7. The van der Waals surface area contributed by atoms with E-state index >= 15 is 0 Å². The van der Waals surface area contributed by atoms with E-state index in [2.05, 4.69) is 50.3 Å². The molecular weight excluding hydrogens is 709 g/mol. The van der Waals surface area contributed by atoms with Gasteiger partial charge >= 0.3 is 5.97 Å². The Balaban J connectivity index is 4.25. The predicted molar refractivity (Wildman–Crippen MR) is 231 cm³/mol. The number of nitrogens with zero attached hydrogens (tertiary/aromatic N) is 1. The maximum absolute atomic E-state index is 12.7. The lowest BCUT2D eigenvalue weighted by Crippen LogP contribution is -2.37. The van der Waals surface area contributed by atoms with Crippen molar-refractivity contribution in [3.63, 3.8) is 0 Å². The molecule has 0 aromatic rings. The van der Waals surface area contributed by atoms with Crippen LogP contribution in [0.25, 0.3) is 0 Å². The van der Waals surface area contributed by atoms with Crippen molar-refractivity contribution >= 4 is 13.8 Å². The highest BCUT2D eigenvalue weighted by molar-refractivity contribution is 7.45. The summed E-state index contributed by atoms with van der Waals surface area (Å²) in [6.07, 6.45) is 45.8. The number of allylic oxidation sites excluding steroid dienone is 6. The van der Waals surface area contributed by atoms with E-state index in [0.29, 0.717) is 24.1 Å². The lowest BCUT2D eigenvalue weighted by atomic mass is 10.1. The van der Waals surface area contributed by atoms with Gasteiger partial charge in [-0.3, -0.25) is 9.36 Å². The number of carbonyl (C=O) groups is 1. The van der Waals surface area contributed by atoms with Crippen LogP contribution in [0.15, 0.2) is 36.5 Å². The summed E-state index contributed by atoms with van der Waals surface area (Å²) in [5.74, 6) is -0.349. The number of unbranched alkanes of at least 4 members (excludes halogenated alkanes) is 22. The van der Waals surface area contributed by atoms with Crippen LogP contribution in [-0.2, 0) is 27.9 Å². The van der Waals surface area contributed by atoms with Crippen LogP contribution in [0.4, 0.5) is 0 Å². The zero-order valence-corrected chi connectivity index (χ0v) is 37.5. The molecule has 0 N–H and O–H groups in total. The Bertz CT molecular complexity index is 978. The Morgan fingerprint density at radius 2 is 1.00 bits per heavy atom. The Morgan fingerprint density at radius 3 is 1.51 bits per heavy atom. The normalized spacial score (nSPS) is 14.1. The van der Waals surface area contributed by atoms with Gasteiger partial charge in [0.15, 0.2) is 0 Å². The van der Waals surface area contributed by atoms with Crippen molar-refractivity contribution in [3.05, 3.63) is 36.5 Å². The molecule has 0 fully saturated rings. The van der Waals surface area contributed by atoms with Crippen LogP contribution >= 0.6 is 7.82 Å². The molecule has 2 unspecified atom stereocenters. The minimum Gasteiger partial charge on any atom is -0.756 e. The zero-order valence-electron chi connectivity index (χ0n) is 36.6. The summed E-state index contributed by atoms with van der Waals surface area (Å²) in [6, 6.07) is 0. The van der Waals surface area contributed by atoms with Crippen molar-refractivity contribution in [2.75, 3.05) is 54.1 Å². The summed E-state index contributed by atoms with van der Waals surface area (Å²) in [5.41, 5.74) is 0. The predicted octanol–water partition coefficient (Wildman–Crippen LogP) is 12.8. The van der Waals surface area contributed by atoms with Crippen LogP contribution in [0.5, 0.6) is 0 Å². The lowest BCUT2D eigenvalue weighted by molar-refractivity contribution is -0.870. The minimum absolute atomic E-state index is 0.0220. The summed E-state index contributed by atoms with van der Waals surface area (Å²) in [6.45, 7) is 5.37. The Morgan fingerprint density at radius 1 is 0.564 bits per heavy atom. The highest BCUT2D eigenvalue weighted by atomic mass is 31.2. The van der Waals surface area contributed by atoms with Gasteiger partial charge in [0.25, 0.3) is 7.82 Å². The van der Waals surface area contributed by atoms with Gasteiger partial charge in [-0.15, -0.1) is 0 Å². The van der Waals surface area contributed by atoms with Crippen molar-refractivity contribution in [1.82, 2.24) is 0 Å². The molecule has 0 aliphatic rings. The van der Waals surface area contributed by atoms with Gasteiger partial charge in [0.2, 0.25) is 0 Å². The molecule has 0 saturated carbocycles. The number of ether oxygens (including phenoxy) is 2. The van der Waals surface area contributed by atoms with Gasteiger partial charge in [0, 0.05) is 13.0 Å². The third-order valence-corrected chi connectivity index (χ3v) is 10.6. The summed E-state index contributed by atoms with van der Waals surface area (Å²) in [4.78, 5) is 25.1. The van der Waals surface area contributed by atoms with Crippen LogP contribution in [0.3, 0.4) is 0 Å². The Hall–Kier alpha value is -1.28. The monoisotopic (exact) mass is 798 g/mol. The number of carbonyl (C=O) groups excluding carboxylic acids is 1. The van der Waals surface area contributed by atoms with Crippen molar-refractivity contribution < 1.29 is 37.3 Å². The molecule has 0 rings (SSSR count). The number of hydrogen-bond donors (Lipinski definition) is 0. The van der Waals surface area contributed by atoms with Crippen LogP contribution in [0.1, 0.15) is 194 Å². The lowest BCUT2D eigenvalue weighted by Gasteiger charge is -2.28. The van der Waals surface area contributed by atoms with Crippen LogP contribution in [0.2, 0.25) is 0 Å². The molecule has 0 amide bonds. The quantitative estimate of drug-likeness (QED) is 0.0200. The van der Waals surface area contributed by atoms with Crippen molar-refractivity contribution in [3.8, 4) is 0 Å². The standard InChI is InChI=1S/C46H88NO7P/c1-6-8-10-12-14-16-18-20-22-24-26-28-30-32-34-36-38-41-51-43-45(44-53-55(49,50)52-42-40-47(3,4)5)54-46(48)39-37-35-33-31-29-27-25-23-21-19-17-15-13-11-9-7-2/h17,19,22-25,45H,6-16,18,20-21,26-44H2,1-5H3/b19-17-,24-22-,25-23-. The van der Waals surface area contributed by atoms with Crippen LogP contribution < -0.4 is 4.89 Å². The molecule has 0 saturated heterocycles. The molecule has 2 atom stereocenters. The van der Waals surface area contributed by atoms with E-state index in [1.165, 1.54) is 116 Å². The number of quaternary nitrogens is 1. The number of hydrogen-bond acceptors (Lipinski definition) is 7. The average molecular weight is 798 g/mol. The smallest absolute Gasteiger partial charge is 0.306 e. The Labute approximate surface area is 340 Å². The van der Waals surface area contributed by atoms with Crippen molar-refractivity contribution in [1.29, 1.82) is 0 Å². The van der Waals surface area contributed by atoms with E-state index in [-0.39, 0.29) is 25.8 Å². The van der Waals surface area contributed by atoms with Gasteiger partial charge in [0.05, 0.1) is 34.4 Å². The first-order chi connectivity index (χ1) is 26.6. The number of phosphoric ester groups is 1. The van der Waals surface area contributed by atoms with Gasteiger partial charge < -0.3 is 27.9 Å². The molecule has 55 heavy (non-hydrogen) atoms. The number of esters is 1. The highest BCUT2D eigenvalue weighted by Crippen LogP contribution is 2.38. The molecule has 0 aliphatic heterocycles. The second-order valence-corrected chi connectivity index (χ2v) is 17.8. The van der Waals surface area contributed by atoms with E-state index in [1.807, 2.05) is 21.1 Å². The average Bonchev–Trinajstić information content (AvgIpc) is 3.13. The van der Waals surface area contributed by atoms with E-state index < -0.39 is 13.9 Å². The molecular formula is C46H88NO7P. The molecule has 8 nitrogen and oxygen atoms in total. The third-order valence-electron chi connectivity index (χ3n) is 9.66. The molecule has 0 aromatic carbocycles. The van der Waals surface area contributed by atoms with Gasteiger partial charge in [-0.2, -0.15) is 0 Å². The number of phosphoric acid groups is 1.